The minimum atomic E-state index is -4.43. The summed E-state index contributed by atoms with van der Waals surface area (Å²) in [5.41, 5.74) is 0.671. The molecule has 136 valence electrons. The van der Waals surface area contributed by atoms with Crippen molar-refractivity contribution < 1.29 is 27.4 Å². The summed E-state index contributed by atoms with van der Waals surface area (Å²) in [5.74, 6) is -0.678. The average Bonchev–Trinajstić information content (AvgIpc) is 3.04. The molecule has 0 amide bonds. The molecule has 1 heterocycles. The summed E-state index contributed by atoms with van der Waals surface area (Å²) in [7, 11) is 0. The Morgan fingerprint density at radius 2 is 2.00 bits per heavy atom. The van der Waals surface area contributed by atoms with Crippen LogP contribution >= 0.6 is 11.6 Å². The zero-order valence-corrected chi connectivity index (χ0v) is 13.7. The van der Waals surface area contributed by atoms with Gasteiger partial charge < -0.3 is 9.47 Å². The SMILES string of the molecule is O=C(CCOCC(F)(F)F)OC(Cn1cncn1)c1ccc(Cl)cc1. The Bertz CT molecular complexity index is 663. The van der Waals surface area contributed by atoms with Gasteiger partial charge >= 0.3 is 12.1 Å². The maximum absolute atomic E-state index is 12.0. The molecule has 1 atom stereocenters. The topological polar surface area (TPSA) is 66.2 Å². The van der Waals surface area contributed by atoms with Crippen LogP contribution in [0.5, 0.6) is 0 Å². The van der Waals surface area contributed by atoms with Gasteiger partial charge in [-0.25, -0.2) is 9.67 Å². The van der Waals surface area contributed by atoms with E-state index in [1.165, 1.54) is 17.3 Å². The highest BCUT2D eigenvalue weighted by Crippen LogP contribution is 2.22. The monoisotopic (exact) mass is 377 g/mol. The minimum Gasteiger partial charge on any atom is -0.455 e. The molecular weight excluding hydrogens is 363 g/mol. The van der Waals surface area contributed by atoms with Crippen LogP contribution in [0.4, 0.5) is 13.2 Å². The fourth-order valence-electron chi connectivity index (χ4n) is 1.95. The van der Waals surface area contributed by atoms with Gasteiger partial charge in [0.05, 0.1) is 19.6 Å². The van der Waals surface area contributed by atoms with Crippen LogP contribution in [0.3, 0.4) is 0 Å². The summed E-state index contributed by atoms with van der Waals surface area (Å²) < 4.78 is 47.2. The molecule has 1 unspecified atom stereocenters. The van der Waals surface area contributed by atoms with E-state index in [-0.39, 0.29) is 19.6 Å². The van der Waals surface area contributed by atoms with Gasteiger partial charge in [0.1, 0.15) is 25.4 Å². The van der Waals surface area contributed by atoms with Crippen LogP contribution in [0, 0.1) is 0 Å². The second-order valence-electron chi connectivity index (χ2n) is 5.07. The average molecular weight is 378 g/mol. The van der Waals surface area contributed by atoms with Crippen LogP contribution in [0.15, 0.2) is 36.9 Å². The first-order chi connectivity index (χ1) is 11.8. The molecule has 0 fully saturated rings. The Balaban J connectivity index is 1.93. The van der Waals surface area contributed by atoms with Crippen LogP contribution in [0.1, 0.15) is 18.1 Å². The molecule has 0 saturated carbocycles. The molecule has 2 aromatic rings. The van der Waals surface area contributed by atoms with Gasteiger partial charge in [0.15, 0.2) is 0 Å². The predicted octanol–water partition coefficient (Wildman–Crippen LogP) is 3.19. The third kappa shape index (κ3) is 7.10. The van der Waals surface area contributed by atoms with E-state index in [2.05, 4.69) is 14.8 Å². The van der Waals surface area contributed by atoms with Crippen LogP contribution in [-0.4, -0.2) is 40.1 Å². The molecule has 6 nitrogen and oxygen atoms in total. The number of aromatic nitrogens is 3. The second-order valence-corrected chi connectivity index (χ2v) is 5.50. The minimum absolute atomic E-state index is 0.205. The van der Waals surface area contributed by atoms with E-state index in [1.54, 1.807) is 24.3 Å². The Hall–Kier alpha value is -2.13. The first-order valence-corrected chi connectivity index (χ1v) is 7.63. The lowest BCUT2D eigenvalue weighted by Gasteiger charge is -2.18. The van der Waals surface area contributed by atoms with E-state index in [9.17, 15) is 18.0 Å². The zero-order valence-electron chi connectivity index (χ0n) is 12.9. The van der Waals surface area contributed by atoms with Crippen molar-refractivity contribution in [2.45, 2.75) is 25.2 Å². The Morgan fingerprint density at radius 1 is 1.28 bits per heavy atom. The van der Waals surface area contributed by atoms with E-state index in [4.69, 9.17) is 16.3 Å². The van der Waals surface area contributed by atoms with Crippen molar-refractivity contribution in [2.24, 2.45) is 0 Å². The molecular formula is C15H15ClF3N3O3. The normalized spacial score (nSPS) is 12.8. The van der Waals surface area contributed by atoms with Crippen molar-refractivity contribution in [2.75, 3.05) is 13.2 Å². The fourth-order valence-corrected chi connectivity index (χ4v) is 2.07. The molecule has 10 heteroatoms. The van der Waals surface area contributed by atoms with Crippen molar-refractivity contribution in [3.05, 3.63) is 47.5 Å². The van der Waals surface area contributed by atoms with Gasteiger partial charge in [0, 0.05) is 5.02 Å². The van der Waals surface area contributed by atoms with Crippen molar-refractivity contribution in [3.8, 4) is 0 Å². The third-order valence-electron chi connectivity index (χ3n) is 3.05. The van der Waals surface area contributed by atoms with Gasteiger partial charge in [0.25, 0.3) is 0 Å². The predicted molar refractivity (Wildman–Crippen MR) is 81.8 cm³/mol. The summed E-state index contributed by atoms with van der Waals surface area (Å²) >= 11 is 5.84. The number of alkyl halides is 3. The zero-order chi connectivity index (χ0) is 18.3. The Morgan fingerprint density at radius 3 is 2.60 bits per heavy atom. The summed E-state index contributed by atoms with van der Waals surface area (Å²) in [6.07, 6.45) is -2.61. The number of carbonyl (C=O) groups excluding carboxylic acids is 1. The first-order valence-electron chi connectivity index (χ1n) is 7.25. The number of nitrogens with zero attached hydrogens (tertiary/aromatic N) is 3. The molecule has 0 aliphatic rings. The number of benzene rings is 1. The lowest BCUT2D eigenvalue weighted by Crippen LogP contribution is -2.21. The maximum atomic E-state index is 12.0. The number of hydrogen-bond acceptors (Lipinski definition) is 5. The summed E-state index contributed by atoms with van der Waals surface area (Å²) in [6, 6.07) is 6.67. The molecule has 2 rings (SSSR count). The van der Waals surface area contributed by atoms with Gasteiger partial charge in [-0.1, -0.05) is 23.7 Å². The molecule has 0 bridgehead atoms. The number of ether oxygens (including phenoxy) is 2. The summed E-state index contributed by atoms with van der Waals surface area (Å²) in [4.78, 5) is 15.7. The van der Waals surface area contributed by atoms with E-state index in [0.717, 1.165) is 0 Å². The highest BCUT2D eigenvalue weighted by molar-refractivity contribution is 6.30. The quantitative estimate of drug-likeness (QED) is 0.522. The van der Waals surface area contributed by atoms with Crippen molar-refractivity contribution in [3.63, 3.8) is 0 Å². The molecule has 0 radical (unpaired) electrons. The number of esters is 1. The number of carbonyl (C=O) groups is 1. The molecule has 1 aromatic heterocycles. The smallest absolute Gasteiger partial charge is 0.411 e. The molecule has 0 aliphatic carbocycles. The van der Waals surface area contributed by atoms with E-state index >= 15 is 0 Å². The van der Waals surface area contributed by atoms with Gasteiger partial charge in [-0.15, -0.1) is 0 Å². The lowest BCUT2D eigenvalue weighted by molar-refractivity contribution is -0.177. The Kier molecular flexibility index (Phi) is 6.77. The highest BCUT2D eigenvalue weighted by Gasteiger charge is 2.27. The van der Waals surface area contributed by atoms with Crippen LogP contribution in [0.2, 0.25) is 5.02 Å². The molecule has 1 aromatic carbocycles. The van der Waals surface area contributed by atoms with Crippen LogP contribution in [0.25, 0.3) is 0 Å². The first kappa shape index (κ1) is 19.2. The van der Waals surface area contributed by atoms with Crippen LogP contribution < -0.4 is 0 Å². The molecule has 25 heavy (non-hydrogen) atoms. The van der Waals surface area contributed by atoms with Gasteiger partial charge in [-0.3, -0.25) is 4.79 Å². The van der Waals surface area contributed by atoms with E-state index < -0.39 is 24.9 Å². The van der Waals surface area contributed by atoms with Crippen LogP contribution in [-0.2, 0) is 20.8 Å². The van der Waals surface area contributed by atoms with E-state index in [0.29, 0.717) is 10.6 Å². The van der Waals surface area contributed by atoms with Gasteiger partial charge in [-0.2, -0.15) is 18.3 Å². The second kappa shape index (κ2) is 8.82. The van der Waals surface area contributed by atoms with Crippen molar-refractivity contribution in [1.82, 2.24) is 14.8 Å². The van der Waals surface area contributed by atoms with E-state index in [1.807, 2.05) is 0 Å². The molecule has 0 N–H and O–H groups in total. The maximum Gasteiger partial charge on any atom is 0.411 e. The largest absolute Gasteiger partial charge is 0.455 e. The summed E-state index contributed by atoms with van der Waals surface area (Å²) in [5, 5.41) is 4.47. The lowest BCUT2D eigenvalue weighted by atomic mass is 10.1. The standard InChI is InChI=1S/C15H15ClF3N3O3/c16-12-3-1-11(2-4-12)13(7-22-10-20-9-21-22)25-14(23)5-6-24-8-15(17,18)19/h1-4,9-10,13H,5-8H2. The van der Waals surface area contributed by atoms with Gasteiger partial charge in [-0.05, 0) is 17.7 Å². The highest BCUT2D eigenvalue weighted by atomic mass is 35.5. The van der Waals surface area contributed by atoms with Gasteiger partial charge in [0.2, 0.25) is 0 Å². The molecule has 0 saturated heterocycles. The number of rotatable bonds is 8. The van der Waals surface area contributed by atoms with Crippen molar-refractivity contribution >= 4 is 17.6 Å². The fraction of sp³-hybridized carbons (Fsp3) is 0.400. The molecule has 0 aliphatic heterocycles. The third-order valence-corrected chi connectivity index (χ3v) is 3.30. The number of hydrogen-bond donors (Lipinski definition) is 0. The summed E-state index contributed by atoms with van der Waals surface area (Å²) in [6.45, 7) is -1.58. The Labute approximate surface area is 146 Å². The molecule has 0 spiro atoms. The van der Waals surface area contributed by atoms with Crippen molar-refractivity contribution in [1.29, 1.82) is 0 Å². The number of halogens is 4.